The molecule has 1 aliphatic rings. The van der Waals surface area contributed by atoms with E-state index in [-0.39, 0.29) is 0 Å². The Hall–Kier alpha value is -1.73. The number of nitrogens with zero attached hydrogens (tertiary/aromatic N) is 5. The predicted octanol–water partition coefficient (Wildman–Crippen LogP) is 0.0918. The molecule has 17 heavy (non-hydrogen) atoms. The van der Waals surface area contributed by atoms with Crippen molar-refractivity contribution in [1.82, 2.24) is 24.6 Å². The van der Waals surface area contributed by atoms with Crippen molar-refractivity contribution >= 4 is 11.5 Å². The summed E-state index contributed by atoms with van der Waals surface area (Å²) < 4.78 is 7.21. The lowest BCUT2D eigenvalue weighted by Gasteiger charge is -2.27. The van der Waals surface area contributed by atoms with Crippen molar-refractivity contribution in [2.45, 2.75) is 6.92 Å². The SMILES string of the molecule is Cc1nnc2c(NN3CCOCC3)nccn12. The van der Waals surface area contributed by atoms with Gasteiger partial charge in [0.2, 0.25) is 5.65 Å². The molecular formula is C10H14N6O. The highest BCUT2D eigenvalue weighted by Crippen LogP contribution is 2.13. The third-order valence-electron chi connectivity index (χ3n) is 2.77. The first-order valence-corrected chi connectivity index (χ1v) is 5.60. The van der Waals surface area contributed by atoms with E-state index in [0.717, 1.165) is 43.6 Å². The van der Waals surface area contributed by atoms with Crippen LogP contribution in [0.4, 0.5) is 5.82 Å². The first kappa shape index (κ1) is 10.4. The quantitative estimate of drug-likeness (QED) is 0.794. The molecule has 7 heteroatoms. The van der Waals surface area contributed by atoms with Crippen molar-refractivity contribution in [3.05, 3.63) is 18.2 Å². The Morgan fingerprint density at radius 2 is 2.12 bits per heavy atom. The van der Waals surface area contributed by atoms with Gasteiger partial charge in [-0.1, -0.05) is 0 Å². The highest BCUT2D eigenvalue weighted by Gasteiger charge is 2.13. The van der Waals surface area contributed by atoms with E-state index >= 15 is 0 Å². The third-order valence-corrected chi connectivity index (χ3v) is 2.77. The first-order chi connectivity index (χ1) is 8.34. The molecule has 2 aromatic rings. The van der Waals surface area contributed by atoms with Gasteiger partial charge in [0, 0.05) is 25.5 Å². The van der Waals surface area contributed by atoms with Crippen LogP contribution in [0.25, 0.3) is 5.65 Å². The normalized spacial score (nSPS) is 17.5. The van der Waals surface area contributed by atoms with Gasteiger partial charge in [-0.05, 0) is 6.92 Å². The molecule has 0 bridgehead atoms. The number of aromatic nitrogens is 4. The number of hydrogen-bond acceptors (Lipinski definition) is 6. The van der Waals surface area contributed by atoms with Crippen LogP contribution >= 0.6 is 0 Å². The lowest BCUT2D eigenvalue weighted by Crippen LogP contribution is -2.40. The maximum Gasteiger partial charge on any atom is 0.205 e. The van der Waals surface area contributed by atoms with E-state index in [0.29, 0.717) is 0 Å². The van der Waals surface area contributed by atoms with Crippen LogP contribution in [-0.4, -0.2) is 50.9 Å². The molecule has 2 aromatic heterocycles. The zero-order valence-electron chi connectivity index (χ0n) is 9.63. The van der Waals surface area contributed by atoms with E-state index in [4.69, 9.17) is 4.74 Å². The lowest BCUT2D eigenvalue weighted by molar-refractivity contribution is 0.0495. The maximum absolute atomic E-state index is 5.29. The molecular weight excluding hydrogens is 220 g/mol. The van der Waals surface area contributed by atoms with Gasteiger partial charge in [0.15, 0.2) is 5.82 Å². The van der Waals surface area contributed by atoms with Gasteiger partial charge in [0.25, 0.3) is 0 Å². The Morgan fingerprint density at radius 1 is 1.29 bits per heavy atom. The molecule has 1 fully saturated rings. The number of hydrogen-bond donors (Lipinski definition) is 1. The average molecular weight is 234 g/mol. The number of hydrazine groups is 1. The lowest BCUT2D eigenvalue weighted by atomic mass is 10.5. The van der Waals surface area contributed by atoms with Gasteiger partial charge in [-0.2, -0.15) is 0 Å². The maximum atomic E-state index is 5.29. The fourth-order valence-electron chi connectivity index (χ4n) is 1.85. The highest BCUT2D eigenvalue weighted by atomic mass is 16.5. The van der Waals surface area contributed by atoms with Gasteiger partial charge < -0.3 is 4.74 Å². The molecule has 0 aliphatic carbocycles. The Labute approximate surface area is 98.4 Å². The van der Waals surface area contributed by atoms with Gasteiger partial charge in [-0.15, -0.1) is 10.2 Å². The zero-order chi connectivity index (χ0) is 11.7. The van der Waals surface area contributed by atoms with Crippen LogP contribution in [0.1, 0.15) is 5.82 Å². The van der Waals surface area contributed by atoms with E-state index in [9.17, 15) is 0 Å². The molecule has 3 rings (SSSR count). The van der Waals surface area contributed by atoms with E-state index < -0.39 is 0 Å². The standard InChI is InChI=1S/C10H14N6O/c1-8-12-13-10-9(11-2-3-16(8)10)14-15-4-6-17-7-5-15/h2-3H,4-7H2,1H3,(H,11,14). The Balaban J connectivity index is 1.89. The predicted molar refractivity (Wildman–Crippen MR) is 61.5 cm³/mol. The van der Waals surface area contributed by atoms with Crippen molar-refractivity contribution in [3.63, 3.8) is 0 Å². The second-order valence-corrected chi connectivity index (χ2v) is 3.93. The zero-order valence-corrected chi connectivity index (χ0v) is 9.63. The molecule has 0 saturated carbocycles. The first-order valence-electron chi connectivity index (χ1n) is 5.60. The molecule has 0 amide bonds. The topological polar surface area (TPSA) is 67.6 Å². The van der Waals surface area contributed by atoms with Crippen LogP contribution in [0.5, 0.6) is 0 Å². The number of nitrogens with one attached hydrogen (secondary N) is 1. The minimum absolute atomic E-state index is 0.731. The minimum Gasteiger partial charge on any atom is -0.379 e. The van der Waals surface area contributed by atoms with E-state index in [1.54, 1.807) is 6.20 Å². The summed E-state index contributed by atoms with van der Waals surface area (Å²) in [7, 11) is 0. The Kier molecular flexibility index (Phi) is 2.62. The number of rotatable bonds is 2. The van der Waals surface area contributed by atoms with Crippen LogP contribution in [0.2, 0.25) is 0 Å². The second-order valence-electron chi connectivity index (χ2n) is 3.93. The highest BCUT2D eigenvalue weighted by molar-refractivity contribution is 5.61. The monoisotopic (exact) mass is 234 g/mol. The van der Waals surface area contributed by atoms with Gasteiger partial charge in [-0.25, -0.2) is 9.99 Å². The van der Waals surface area contributed by atoms with Crippen LogP contribution in [0, 0.1) is 6.92 Å². The van der Waals surface area contributed by atoms with Crippen molar-refractivity contribution in [2.24, 2.45) is 0 Å². The summed E-state index contributed by atoms with van der Waals surface area (Å²) in [5, 5.41) is 10.2. The second kappa shape index (κ2) is 4.27. The summed E-state index contributed by atoms with van der Waals surface area (Å²) in [6.07, 6.45) is 3.60. The molecule has 0 unspecified atom stereocenters. The molecule has 1 N–H and O–H groups in total. The summed E-state index contributed by atoms with van der Waals surface area (Å²) >= 11 is 0. The Bertz CT molecular complexity index is 518. The van der Waals surface area contributed by atoms with Crippen LogP contribution in [-0.2, 0) is 4.74 Å². The summed E-state index contributed by atoms with van der Waals surface area (Å²) in [5.41, 5.74) is 4.00. The number of morpholine rings is 1. The number of aryl methyl sites for hydroxylation is 1. The van der Waals surface area contributed by atoms with Crippen molar-refractivity contribution in [1.29, 1.82) is 0 Å². The van der Waals surface area contributed by atoms with Crippen molar-refractivity contribution in [2.75, 3.05) is 31.7 Å². The molecule has 90 valence electrons. The fraction of sp³-hybridized carbons (Fsp3) is 0.500. The average Bonchev–Trinajstić information content (AvgIpc) is 2.74. The fourth-order valence-corrected chi connectivity index (χ4v) is 1.85. The molecule has 0 aromatic carbocycles. The van der Waals surface area contributed by atoms with Crippen LogP contribution < -0.4 is 5.43 Å². The smallest absolute Gasteiger partial charge is 0.205 e. The largest absolute Gasteiger partial charge is 0.379 e. The number of anilines is 1. The van der Waals surface area contributed by atoms with Crippen LogP contribution in [0.3, 0.4) is 0 Å². The number of ether oxygens (including phenoxy) is 1. The molecule has 1 saturated heterocycles. The van der Waals surface area contributed by atoms with Gasteiger partial charge in [-0.3, -0.25) is 9.83 Å². The molecule has 1 aliphatic heterocycles. The molecule has 0 radical (unpaired) electrons. The molecule has 0 atom stereocenters. The Morgan fingerprint density at radius 3 is 2.94 bits per heavy atom. The molecule has 3 heterocycles. The van der Waals surface area contributed by atoms with Gasteiger partial charge in [0.1, 0.15) is 5.82 Å². The van der Waals surface area contributed by atoms with E-state index in [1.807, 2.05) is 17.5 Å². The summed E-state index contributed by atoms with van der Waals surface area (Å²) in [5.74, 6) is 1.59. The van der Waals surface area contributed by atoms with Crippen LogP contribution in [0.15, 0.2) is 12.4 Å². The summed E-state index contributed by atoms with van der Waals surface area (Å²) in [4.78, 5) is 4.30. The van der Waals surface area contributed by atoms with E-state index in [2.05, 4.69) is 25.6 Å². The summed E-state index contributed by atoms with van der Waals surface area (Å²) in [6, 6.07) is 0. The third kappa shape index (κ3) is 1.94. The van der Waals surface area contributed by atoms with Gasteiger partial charge >= 0.3 is 0 Å². The summed E-state index contributed by atoms with van der Waals surface area (Å²) in [6.45, 7) is 5.08. The van der Waals surface area contributed by atoms with Crippen molar-refractivity contribution in [3.8, 4) is 0 Å². The van der Waals surface area contributed by atoms with Gasteiger partial charge in [0.05, 0.1) is 13.2 Å². The molecule has 7 nitrogen and oxygen atoms in total. The van der Waals surface area contributed by atoms with Crippen molar-refractivity contribution < 1.29 is 4.74 Å². The minimum atomic E-state index is 0.731. The molecule has 0 spiro atoms. The van der Waals surface area contributed by atoms with E-state index in [1.165, 1.54) is 0 Å². The number of fused-ring (bicyclic) bond motifs is 1.